The fourth-order valence-corrected chi connectivity index (χ4v) is 2.26. The van der Waals surface area contributed by atoms with Gasteiger partial charge in [0.05, 0.1) is 25.6 Å². The van der Waals surface area contributed by atoms with Gasteiger partial charge in [0.2, 0.25) is 10.8 Å². The van der Waals surface area contributed by atoms with Gasteiger partial charge in [-0.2, -0.15) is 0 Å². The van der Waals surface area contributed by atoms with Gasteiger partial charge >= 0.3 is 5.97 Å². The second-order valence-electron chi connectivity index (χ2n) is 4.91. The van der Waals surface area contributed by atoms with Crippen molar-refractivity contribution < 1.29 is 19.1 Å². The van der Waals surface area contributed by atoms with Gasteiger partial charge in [0.25, 0.3) is 0 Å². The predicted molar refractivity (Wildman–Crippen MR) is 79.6 cm³/mol. The highest BCUT2D eigenvalue weighted by molar-refractivity contribution is 7.81. The number of rotatable bonds is 5. The number of carbonyl (C=O) groups is 2. The van der Waals surface area contributed by atoms with Gasteiger partial charge < -0.3 is 9.47 Å². The Hall–Kier alpha value is -1.75. The average Bonchev–Trinajstić information content (AvgIpc) is 2.46. The number of hydrogen-bond acceptors (Lipinski definition) is 5. The molecule has 20 heavy (non-hydrogen) atoms. The largest absolute Gasteiger partial charge is 0.484 e. The lowest BCUT2D eigenvalue weighted by atomic mass is 9.72. The molecule has 0 bridgehead atoms. The number of carbonyl (C=O) groups excluding carboxylic acids is 2. The lowest BCUT2D eigenvalue weighted by molar-refractivity contribution is -0.153. The van der Waals surface area contributed by atoms with Crippen molar-refractivity contribution in [2.75, 3.05) is 14.2 Å². The second-order valence-corrected chi connectivity index (χ2v) is 5.28. The molecule has 1 aromatic carbocycles. The van der Waals surface area contributed by atoms with Gasteiger partial charge in [0, 0.05) is 0 Å². The fourth-order valence-electron chi connectivity index (χ4n) is 2.14. The maximum atomic E-state index is 12.5. The molecule has 108 valence electrons. The van der Waals surface area contributed by atoms with Crippen molar-refractivity contribution in [3.8, 4) is 0 Å². The highest BCUT2D eigenvalue weighted by Gasteiger charge is 2.44. The van der Waals surface area contributed by atoms with Crippen molar-refractivity contribution >= 4 is 29.0 Å². The molecular formula is C15H18O4S. The molecule has 0 saturated heterocycles. The van der Waals surface area contributed by atoms with Gasteiger partial charge in [-0.1, -0.05) is 30.3 Å². The van der Waals surface area contributed by atoms with Crippen LogP contribution in [0.15, 0.2) is 30.3 Å². The van der Waals surface area contributed by atoms with Crippen molar-refractivity contribution in [3.05, 3.63) is 35.9 Å². The van der Waals surface area contributed by atoms with E-state index in [1.54, 1.807) is 38.1 Å². The van der Waals surface area contributed by atoms with Crippen LogP contribution in [0.2, 0.25) is 0 Å². The van der Waals surface area contributed by atoms with Crippen molar-refractivity contribution in [2.24, 2.45) is 5.41 Å². The van der Waals surface area contributed by atoms with E-state index in [2.05, 4.69) is 0 Å². The quantitative estimate of drug-likeness (QED) is 0.617. The number of methoxy groups -OCH3 is 2. The molecule has 0 N–H and O–H groups in total. The van der Waals surface area contributed by atoms with Gasteiger partial charge in [-0.25, -0.2) is 0 Å². The summed E-state index contributed by atoms with van der Waals surface area (Å²) in [6.45, 7) is 3.32. The number of hydrogen-bond donors (Lipinski definition) is 0. The Kier molecular flexibility index (Phi) is 5.39. The van der Waals surface area contributed by atoms with E-state index in [9.17, 15) is 9.59 Å². The molecule has 0 aliphatic carbocycles. The average molecular weight is 294 g/mol. The van der Waals surface area contributed by atoms with E-state index < -0.39 is 23.1 Å². The highest BCUT2D eigenvalue weighted by atomic mass is 32.1. The number of thiocarbonyl (C=S) groups is 1. The zero-order valence-corrected chi connectivity index (χ0v) is 12.8. The van der Waals surface area contributed by atoms with Crippen LogP contribution in [0.4, 0.5) is 0 Å². The van der Waals surface area contributed by atoms with Crippen LogP contribution in [0, 0.1) is 5.41 Å². The first-order valence-electron chi connectivity index (χ1n) is 6.11. The predicted octanol–water partition coefficient (Wildman–Crippen LogP) is 2.51. The van der Waals surface area contributed by atoms with Crippen LogP contribution in [0.5, 0.6) is 0 Å². The molecule has 5 heteroatoms. The number of ether oxygens (including phenoxy) is 2. The molecule has 0 heterocycles. The lowest BCUT2D eigenvalue weighted by Crippen LogP contribution is -2.39. The Morgan fingerprint density at radius 3 is 2.10 bits per heavy atom. The molecule has 1 unspecified atom stereocenters. The minimum Gasteiger partial charge on any atom is -0.484 e. The number of esters is 1. The van der Waals surface area contributed by atoms with Crippen LogP contribution in [-0.4, -0.2) is 31.0 Å². The Bertz CT molecular complexity index is 508. The third-order valence-corrected chi connectivity index (χ3v) is 3.58. The molecule has 1 aromatic rings. The molecule has 0 fully saturated rings. The summed E-state index contributed by atoms with van der Waals surface area (Å²) < 4.78 is 9.66. The van der Waals surface area contributed by atoms with Gasteiger partial charge in [-0.15, -0.1) is 0 Å². The van der Waals surface area contributed by atoms with E-state index in [-0.39, 0.29) is 5.05 Å². The molecule has 0 aromatic heterocycles. The molecule has 4 nitrogen and oxygen atoms in total. The van der Waals surface area contributed by atoms with Gasteiger partial charge in [-0.05, 0) is 31.6 Å². The molecule has 0 amide bonds. The summed E-state index contributed by atoms with van der Waals surface area (Å²) >= 11 is 4.92. The summed E-state index contributed by atoms with van der Waals surface area (Å²) in [7, 11) is 2.64. The Balaban J connectivity index is 3.32. The zero-order valence-electron chi connectivity index (χ0n) is 12.0. The van der Waals surface area contributed by atoms with E-state index in [0.717, 1.165) is 0 Å². The van der Waals surface area contributed by atoms with Crippen LogP contribution in [-0.2, 0) is 19.1 Å². The highest BCUT2D eigenvalue weighted by Crippen LogP contribution is 2.37. The SMILES string of the molecule is COC(=O)C(C)(C)C(C(=O)C(=S)OC)c1ccccc1. The number of Topliss-reactive ketones (excluding diaryl/α,β-unsaturated/α-hetero) is 1. The van der Waals surface area contributed by atoms with Gasteiger partial charge in [-0.3, -0.25) is 9.59 Å². The third-order valence-electron chi connectivity index (χ3n) is 3.21. The fraction of sp³-hybridized carbons (Fsp3) is 0.400. The minimum atomic E-state index is -1.05. The van der Waals surface area contributed by atoms with E-state index in [1.807, 2.05) is 6.07 Å². The van der Waals surface area contributed by atoms with E-state index in [1.165, 1.54) is 14.2 Å². The molecular weight excluding hydrogens is 276 g/mol. The molecule has 1 atom stereocenters. The van der Waals surface area contributed by atoms with E-state index in [0.29, 0.717) is 5.56 Å². The zero-order chi connectivity index (χ0) is 15.3. The molecule has 0 spiro atoms. The summed E-state index contributed by atoms with van der Waals surface area (Å²) in [4.78, 5) is 24.5. The minimum absolute atomic E-state index is 0.143. The van der Waals surface area contributed by atoms with Crippen molar-refractivity contribution in [1.29, 1.82) is 0 Å². The summed E-state index contributed by atoms with van der Waals surface area (Å²) in [6.07, 6.45) is 0. The summed E-state index contributed by atoms with van der Waals surface area (Å²) in [5, 5.41) is -0.143. The van der Waals surface area contributed by atoms with Crippen LogP contribution in [0.25, 0.3) is 0 Å². The summed E-state index contributed by atoms with van der Waals surface area (Å²) in [5.41, 5.74) is -0.345. The smallest absolute Gasteiger partial charge is 0.312 e. The number of benzene rings is 1. The monoisotopic (exact) mass is 294 g/mol. The Labute approximate surface area is 124 Å². The maximum Gasteiger partial charge on any atom is 0.312 e. The van der Waals surface area contributed by atoms with Crippen LogP contribution < -0.4 is 0 Å². The van der Waals surface area contributed by atoms with Gasteiger partial charge in [0.15, 0.2) is 0 Å². The van der Waals surface area contributed by atoms with E-state index in [4.69, 9.17) is 21.7 Å². The first-order valence-corrected chi connectivity index (χ1v) is 6.52. The Morgan fingerprint density at radius 1 is 1.10 bits per heavy atom. The van der Waals surface area contributed by atoms with Crippen molar-refractivity contribution in [3.63, 3.8) is 0 Å². The normalized spacial score (nSPS) is 12.4. The van der Waals surface area contributed by atoms with Crippen molar-refractivity contribution in [1.82, 2.24) is 0 Å². The van der Waals surface area contributed by atoms with Gasteiger partial charge in [0.1, 0.15) is 0 Å². The Morgan fingerprint density at radius 2 is 1.65 bits per heavy atom. The summed E-state index contributed by atoms with van der Waals surface area (Å²) in [5.74, 6) is -1.62. The molecule has 0 aliphatic rings. The standard InChI is InChI=1S/C15H18O4S/c1-15(2,14(17)19-4)11(12(16)13(20)18-3)10-8-6-5-7-9-10/h5-9,11H,1-4H3. The topological polar surface area (TPSA) is 52.6 Å². The first-order chi connectivity index (χ1) is 9.36. The molecule has 0 radical (unpaired) electrons. The summed E-state index contributed by atoms with van der Waals surface area (Å²) in [6, 6.07) is 9.01. The third kappa shape index (κ3) is 3.22. The molecule has 0 aliphatic heterocycles. The molecule has 0 saturated carbocycles. The van der Waals surface area contributed by atoms with Crippen LogP contribution in [0.3, 0.4) is 0 Å². The van der Waals surface area contributed by atoms with E-state index >= 15 is 0 Å². The van der Waals surface area contributed by atoms with Crippen LogP contribution in [0.1, 0.15) is 25.3 Å². The molecule has 1 rings (SSSR count). The number of ketones is 1. The second kappa shape index (κ2) is 6.61. The maximum absolute atomic E-state index is 12.5. The van der Waals surface area contributed by atoms with Crippen LogP contribution >= 0.6 is 12.2 Å². The first kappa shape index (κ1) is 16.3. The van der Waals surface area contributed by atoms with Crippen molar-refractivity contribution in [2.45, 2.75) is 19.8 Å². The lowest BCUT2D eigenvalue weighted by Gasteiger charge is -2.30.